The van der Waals surface area contributed by atoms with Crippen molar-refractivity contribution in [2.24, 2.45) is 0 Å². The Hall–Kier alpha value is -2.25. The van der Waals surface area contributed by atoms with Crippen molar-refractivity contribution in [1.29, 1.82) is 0 Å². The molecule has 0 aliphatic carbocycles. The smallest absolute Gasteiger partial charge is 0.422 e. The molecule has 1 N–H and O–H groups in total. The molecule has 0 atom stereocenters. The zero-order chi connectivity index (χ0) is 16.9. The van der Waals surface area contributed by atoms with Gasteiger partial charge in [0.25, 0.3) is 0 Å². The van der Waals surface area contributed by atoms with E-state index in [-0.39, 0.29) is 18.5 Å². The third-order valence-corrected chi connectivity index (χ3v) is 3.34. The van der Waals surface area contributed by atoms with Gasteiger partial charge in [-0.3, -0.25) is 0 Å². The molecule has 0 aromatic carbocycles. The molecule has 1 aromatic heterocycles. The molecule has 1 aromatic rings. The standard InChI is InChI=1S/C15H18F3N3O2/c1-11-5-7-21(8-6-11)14(22)19-9-12-3-2-4-13(20-12)23-10-15(16,17)18/h2-4H,1,5-10H2,(H,19,22). The van der Waals surface area contributed by atoms with Crippen LogP contribution in [0.2, 0.25) is 0 Å². The van der Waals surface area contributed by atoms with Crippen molar-refractivity contribution in [2.45, 2.75) is 25.6 Å². The van der Waals surface area contributed by atoms with Gasteiger partial charge in [-0.2, -0.15) is 13.2 Å². The van der Waals surface area contributed by atoms with Crippen LogP contribution < -0.4 is 10.1 Å². The molecular formula is C15H18F3N3O2. The summed E-state index contributed by atoms with van der Waals surface area (Å²) in [7, 11) is 0. The third-order valence-electron chi connectivity index (χ3n) is 3.34. The van der Waals surface area contributed by atoms with Crippen molar-refractivity contribution in [3.8, 4) is 5.88 Å². The first-order valence-corrected chi connectivity index (χ1v) is 7.18. The Morgan fingerprint density at radius 1 is 1.35 bits per heavy atom. The highest BCUT2D eigenvalue weighted by Gasteiger charge is 2.28. The summed E-state index contributed by atoms with van der Waals surface area (Å²) in [5.74, 6) is -0.122. The quantitative estimate of drug-likeness (QED) is 0.864. The number of carbonyl (C=O) groups excluding carboxylic acids is 1. The fourth-order valence-corrected chi connectivity index (χ4v) is 2.10. The number of pyridine rings is 1. The van der Waals surface area contributed by atoms with Crippen LogP contribution in [0.5, 0.6) is 5.88 Å². The number of carbonyl (C=O) groups is 1. The lowest BCUT2D eigenvalue weighted by molar-refractivity contribution is -0.154. The van der Waals surface area contributed by atoms with Gasteiger partial charge in [0.05, 0.1) is 12.2 Å². The van der Waals surface area contributed by atoms with E-state index in [1.165, 1.54) is 12.1 Å². The van der Waals surface area contributed by atoms with Crippen molar-refractivity contribution in [3.05, 3.63) is 36.0 Å². The maximum Gasteiger partial charge on any atom is 0.422 e. The first-order valence-electron chi connectivity index (χ1n) is 7.18. The predicted octanol–water partition coefficient (Wildman–Crippen LogP) is 2.88. The lowest BCUT2D eigenvalue weighted by Crippen LogP contribution is -2.42. The second kappa shape index (κ2) is 7.34. The highest BCUT2D eigenvalue weighted by Crippen LogP contribution is 2.17. The summed E-state index contributed by atoms with van der Waals surface area (Å²) >= 11 is 0. The summed E-state index contributed by atoms with van der Waals surface area (Å²) in [5, 5.41) is 2.70. The number of rotatable bonds is 4. The fourth-order valence-electron chi connectivity index (χ4n) is 2.10. The number of nitrogens with one attached hydrogen (secondary N) is 1. The molecule has 0 saturated carbocycles. The topological polar surface area (TPSA) is 54.5 Å². The Balaban J connectivity index is 1.83. The molecule has 1 aliphatic heterocycles. The molecule has 0 spiro atoms. The van der Waals surface area contributed by atoms with Crippen molar-refractivity contribution >= 4 is 6.03 Å². The molecule has 1 fully saturated rings. The van der Waals surface area contributed by atoms with Crippen molar-refractivity contribution in [2.75, 3.05) is 19.7 Å². The van der Waals surface area contributed by atoms with Crippen LogP contribution in [0.25, 0.3) is 0 Å². The van der Waals surface area contributed by atoms with Gasteiger partial charge in [-0.1, -0.05) is 18.2 Å². The summed E-state index contributed by atoms with van der Waals surface area (Å²) in [6.07, 6.45) is -2.84. The van der Waals surface area contributed by atoms with Crippen LogP contribution in [0, 0.1) is 0 Å². The van der Waals surface area contributed by atoms with Crippen LogP contribution in [0.15, 0.2) is 30.4 Å². The highest BCUT2D eigenvalue weighted by atomic mass is 19.4. The Morgan fingerprint density at radius 3 is 2.70 bits per heavy atom. The molecular weight excluding hydrogens is 311 g/mol. The van der Waals surface area contributed by atoms with Gasteiger partial charge in [0.2, 0.25) is 5.88 Å². The number of nitrogens with zero attached hydrogens (tertiary/aromatic N) is 2. The first kappa shape index (κ1) is 17.1. The average molecular weight is 329 g/mol. The fraction of sp³-hybridized carbons (Fsp3) is 0.467. The van der Waals surface area contributed by atoms with Gasteiger partial charge >= 0.3 is 12.2 Å². The number of urea groups is 1. The van der Waals surface area contributed by atoms with E-state index in [9.17, 15) is 18.0 Å². The molecule has 2 amide bonds. The molecule has 0 unspecified atom stereocenters. The number of alkyl halides is 3. The number of halogens is 3. The minimum absolute atomic E-state index is 0.122. The Labute approximate surface area is 132 Å². The van der Waals surface area contributed by atoms with E-state index in [4.69, 9.17) is 0 Å². The van der Waals surface area contributed by atoms with Crippen LogP contribution in [0.3, 0.4) is 0 Å². The van der Waals surface area contributed by atoms with Crippen molar-refractivity contribution < 1.29 is 22.7 Å². The molecule has 5 nitrogen and oxygen atoms in total. The average Bonchev–Trinajstić information content (AvgIpc) is 2.51. The van der Waals surface area contributed by atoms with Gasteiger partial charge in [-0.05, 0) is 18.9 Å². The van der Waals surface area contributed by atoms with Crippen LogP contribution in [-0.2, 0) is 6.54 Å². The van der Waals surface area contributed by atoms with E-state index in [1.54, 1.807) is 11.0 Å². The van der Waals surface area contributed by atoms with Crippen LogP contribution in [0.4, 0.5) is 18.0 Å². The number of hydrogen-bond donors (Lipinski definition) is 1. The maximum absolute atomic E-state index is 12.1. The zero-order valence-electron chi connectivity index (χ0n) is 12.5. The van der Waals surface area contributed by atoms with Gasteiger partial charge < -0.3 is 15.0 Å². The molecule has 126 valence electrons. The maximum atomic E-state index is 12.1. The SMILES string of the molecule is C=C1CCN(C(=O)NCc2cccc(OCC(F)(F)F)n2)CC1. The minimum Gasteiger partial charge on any atom is -0.468 e. The van der Waals surface area contributed by atoms with E-state index in [0.717, 1.165) is 18.4 Å². The second-order valence-electron chi connectivity index (χ2n) is 5.27. The second-order valence-corrected chi connectivity index (χ2v) is 5.27. The minimum atomic E-state index is -4.41. The monoisotopic (exact) mass is 329 g/mol. The van der Waals surface area contributed by atoms with Gasteiger partial charge in [-0.15, -0.1) is 0 Å². The van der Waals surface area contributed by atoms with E-state index >= 15 is 0 Å². The Morgan fingerprint density at radius 2 is 2.04 bits per heavy atom. The number of piperidine rings is 1. The molecule has 1 saturated heterocycles. The molecule has 0 bridgehead atoms. The highest BCUT2D eigenvalue weighted by molar-refractivity contribution is 5.74. The summed E-state index contributed by atoms with van der Waals surface area (Å²) in [6.45, 7) is 3.85. The molecule has 1 aliphatic rings. The van der Waals surface area contributed by atoms with Crippen LogP contribution in [-0.4, -0.2) is 41.8 Å². The summed E-state index contributed by atoms with van der Waals surface area (Å²) in [6, 6.07) is 4.26. The third kappa shape index (κ3) is 5.80. The molecule has 23 heavy (non-hydrogen) atoms. The van der Waals surface area contributed by atoms with Crippen molar-refractivity contribution in [3.63, 3.8) is 0 Å². The molecule has 2 heterocycles. The van der Waals surface area contributed by atoms with Crippen LogP contribution in [0.1, 0.15) is 18.5 Å². The van der Waals surface area contributed by atoms with Gasteiger partial charge in [0.1, 0.15) is 0 Å². The molecule has 8 heteroatoms. The van der Waals surface area contributed by atoms with Crippen LogP contribution >= 0.6 is 0 Å². The van der Waals surface area contributed by atoms with Crippen molar-refractivity contribution in [1.82, 2.24) is 15.2 Å². The van der Waals surface area contributed by atoms with Gasteiger partial charge in [0.15, 0.2) is 6.61 Å². The Kier molecular flexibility index (Phi) is 5.46. The number of hydrogen-bond acceptors (Lipinski definition) is 3. The van der Waals surface area contributed by atoms with Gasteiger partial charge in [-0.25, -0.2) is 9.78 Å². The Bertz CT molecular complexity index is 565. The lowest BCUT2D eigenvalue weighted by Gasteiger charge is -2.28. The number of aromatic nitrogens is 1. The van der Waals surface area contributed by atoms with Gasteiger partial charge in [0, 0.05) is 19.2 Å². The van der Waals surface area contributed by atoms with E-state index in [0.29, 0.717) is 18.8 Å². The number of likely N-dealkylation sites (tertiary alicyclic amines) is 1. The molecule has 2 rings (SSSR count). The van der Waals surface area contributed by atoms with E-state index in [2.05, 4.69) is 21.6 Å². The summed E-state index contributed by atoms with van der Waals surface area (Å²) < 4.78 is 40.9. The number of ether oxygens (including phenoxy) is 1. The summed E-state index contributed by atoms with van der Waals surface area (Å²) in [5.41, 5.74) is 1.56. The normalized spacial score (nSPS) is 15.4. The van der Waals surface area contributed by atoms with E-state index in [1.807, 2.05) is 0 Å². The first-order chi connectivity index (χ1) is 10.8. The summed E-state index contributed by atoms with van der Waals surface area (Å²) in [4.78, 5) is 17.6. The molecule has 0 radical (unpaired) electrons. The lowest BCUT2D eigenvalue weighted by atomic mass is 10.1. The number of amides is 2. The largest absolute Gasteiger partial charge is 0.468 e. The van der Waals surface area contributed by atoms with E-state index < -0.39 is 12.8 Å². The predicted molar refractivity (Wildman–Crippen MR) is 78.0 cm³/mol. The zero-order valence-corrected chi connectivity index (χ0v) is 12.5.